The van der Waals surface area contributed by atoms with Gasteiger partial charge in [-0.1, -0.05) is 36.4 Å². The molecule has 5 nitrogen and oxygen atoms in total. The third-order valence-electron chi connectivity index (χ3n) is 5.22. The molecule has 0 amide bonds. The Bertz CT molecular complexity index is 727. The van der Waals surface area contributed by atoms with Gasteiger partial charge in [-0.25, -0.2) is 0 Å². The average Bonchev–Trinajstić information content (AvgIpc) is 2.70. The Hall–Kier alpha value is -2.08. The van der Waals surface area contributed by atoms with E-state index in [1.165, 1.54) is 11.1 Å². The van der Waals surface area contributed by atoms with E-state index in [4.69, 9.17) is 9.47 Å². The van der Waals surface area contributed by atoms with Crippen LogP contribution in [0.4, 0.5) is 0 Å². The van der Waals surface area contributed by atoms with Crippen molar-refractivity contribution in [1.82, 2.24) is 15.1 Å². The zero-order valence-electron chi connectivity index (χ0n) is 16.7. The van der Waals surface area contributed by atoms with Crippen molar-refractivity contribution in [3.63, 3.8) is 0 Å². The Labute approximate surface area is 162 Å². The topological polar surface area (TPSA) is 37.0 Å². The number of nitrogens with one attached hydrogen (secondary N) is 1. The first-order chi connectivity index (χ1) is 13.2. The molecule has 3 rings (SSSR count). The highest BCUT2D eigenvalue weighted by Crippen LogP contribution is 2.30. The molecule has 1 aliphatic heterocycles. The number of nitrogens with zero attached hydrogens (tertiary/aromatic N) is 2. The number of methoxy groups -OCH3 is 2. The molecule has 2 aromatic carbocycles. The fraction of sp³-hybridized carbons (Fsp3) is 0.455. The van der Waals surface area contributed by atoms with E-state index in [-0.39, 0.29) is 0 Å². The van der Waals surface area contributed by atoms with E-state index in [0.717, 1.165) is 62.9 Å². The van der Waals surface area contributed by atoms with Crippen LogP contribution in [-0.4, -0.2) is 57.2 Å². The fourth-order valence-electron chi connectivity index (χ4n) is 3.56. The molecule has 1 heterocycles. The minimum Gasteiger partial charge on any atom is -0.493 e. The minimum atomic E-state index is 0.739. The van der Waals surface area contributed by atoms with Gasteiger partial charge in [0.2, 0.25) is 0 Å². The Morgan fingerprint density at radius 1 is 0.815 bits per heavy atom. The SMILES string of the molecule is COc1cccc(CNCc2ccccc2CN2CCN(C)CC2)c1OC. The maximum atomic E-state index is 5.53. The average molecular weight is 370 g/mol. The van der Waals surface area contributed by atoms with E-state index >= 15 is 0 Å². The van der Waals surface area contributed by atoms with Crippen LogP contribution in [0.1, 0.15) is 16.7 Å². The highest BCUT2D eigenvalue weighted by Gasteiger charge is 2.15. The summed E-state index contributed by atoms with van der Waals surface area (Å²) in [7, 11) is 5.55. The van der Waals surface area contributed by atoms with Crippen molar-refractivity contribution >= 4 is 0 Å². The molecule has 0 radical (unpaired) electrons. The summed E-state index contributed by atoms with van der Waals surface area (Å²) in [6.07, 6.45) is 0. The summed E-state index contributed by atoms with van der Waals surface area (Å²) < 4.78 is 10.9. The van der Waals surface area contributed by atoms with Gasteiger partial charge in [-0.15, -0.1) is 0 Å². The van der Waals surface area contributed by atoms with Gasteiger partial charge in [-0.3, -0.25) is 4.90 Å². The second-order valence-electron chi connectivity index (χ2n) is 7.10. The highest BCUT2D eigenvalue weighted by atomic mass is 16.5. The monoisotopic (exact) mass is 369 g/mol. The number of hydrogen-bond acceptors (Lipinski definition) is 5. The van der Waals surface area contributed by atoms with E-state index in [1.54, 1.807) is 14.2 Å². The highest BCUT2D eigenvalue weighted by molar-refractivity contribution is 5.46. The lowest BCUT2D eigenvalue weighted by atomic mass is 10.1. The van der Waals surface area contributed by atoms with E-state index in [1.807, 2.05) is 12.1 Å². The van der Waals surface area contributed by atoms with Crippen LogP contribution in [0.2, 0.25) is 0 Å². The Morgan fingerprint density at radius 2 is 1.48 bits per heavy atom. The maximum Gasteiger partial charge on any atom is 0.165 e. The van der Waals surface area contributed by atoms with Crippen molar-refractivity contribution in [1.29, 1.82) is 0 Å². The van der Waals surface area contributed by atoms with Crippen LogP contribution < -0.4 is 14.8 Å². The molecule has 1 N–H and O–H groups in total. The lowest BCUT2D eigenvalue weighted by Crippen LogP contribution is -2.44. The summed E-state index contributed by atoms with van der Waals surface area (Å²) in [6, 6.07) is 14.7. The molecule has 1 aliphatic rings. The van der Waals surface area contributed by atoms with Crippen LogP contribution in [0.3, 0.4) is 0 Å². The van der Waals surface area contributed by atoms with Crippen molar-refractivity contribution in [2.45, 2.75) is 19.6 Å². The van der Waals surface area contributed by atoms with Crippen LogP contribution in [-0.2, 0) is 19.6 Å². The summed E-state index contributed by atoms with van der Waals surface area (Å²) in [5.74, 6) is 1.57. The molecule has 0 spiro atoms. The van der Waals surface area contributed by atoms with Gasteiger partial charge in [-0.2, -0.15) is 0 Å². The molecule has 1 saturated heterocycles. The van der Waals surface area contributed by atoms with E-state index in [2.05, 4.69) is 52.5 Å². The van der Waals surface area contributed by atoms with Gasteiger partial charge >= 0.3 is 0 Å². The first kappa shape index (κ1) is 19.7. The number of benzene rings is 2. The molecule has 2 aromatic rings. The summed E-state index contributed by atoms with van der Waals surface area (Å²) in [6.45, 7) is 7.17. The van der Waals surface area contributed by atoms with Gasteiger partial charge in [-0.05, 0) is 24.2 Å². The number of hydrogen-bond donors (Lipinski definition) is 1. The van der Waals surface area contributed by atoms with Gasteiger partial charge < -0.3 is 19.7 Å². The van der Waals surface area contributed by atoms with Crippen LogP contribution in [0.5, 0.6) is 11.5 Å². The van der Waals surface area contributed by atoms with Gasteiger partial charge in [0, 0.05) is 51.4 Å². The smallest absolute Gasteiger partial charge is 0.165 e. The maximum absolute atomic E-state index is 5.53. The first-order valence-corrected chi connectivity index (χ1v) is 9.59. The zero-order chi connectivity index (χ0) is 19.1. The number of ether oxygens (including phenoxy) is 2. The molecule has 0 unspecified atom stereocenters. The zero-order valence-corrected chi connectivity index (χ0v) is 16.7. The third-order valence-corrected chi connectivity index (χ3v) is 5.22. The van der Waals surface area contributed by atoms with Crippen molar-refractivity contribution in [3.8, 4) is 11.5 Å². The van der Waals surface area contributed by atoms with Gasteiger partial charge in [0.25, 0.3) is 0 Å². The van der Waals surface area contributed by atoms with Crippen LogP contribution in [0, 0.1) is 0 Å². The lowest BCUT2D eigenvalue weighted by molar-refractivity contribution is 0.148. The second kappa shape index (κ2) is 9.74. The normalized spacial score (nSPS) is 15.7. The molecule has 0 bridgehead atoms. The number of likely N-dealkylation sites (N-methyl/N-ethyl adjacent to an activating group) is 1. The van der Waals surface area contributed by atoms with E-state index in [9.17, 15) is 0 Å². The van der Waals surface area contributed by atoms with Crippen LogP contribution >= 0.6 is 0 Å². The molecule has 0 saturated carbocycles. The number of rotatable bonds is 8. The van der Waals surface area contributed by atoms with Crippen LogP contribution in [0.25, 0.3) is 0 Å². The standard InChI is InChI=1S/C22H31N3O2/c1-24-11-13-25(14-12-24)17-20-8-5-4-7-18(20)15-23-16-19-9-6-10-21(26-2)22(19)27-3/h4-10,23H,11-17H2,1-3H3. The molecule has 0 aromatic heterocycles. The first-order valence-electron chi connectivity index (χ1n) is 9.59. The molecule has 1 fully saturated rings. The minimum absolute atomic E-state index is 0.739. The molecule has 146 valence electrons. The van der Waals surface area contributed by atoms with Crippen molar-refractivity contribution < 1.29 is 9.47 Å². The molecule has 27 heavy (non-hydrogen) atoms. The Morgan fingerprint density at radius 3 is 2.19 bits per heavy atom. The fourth-order valence-corrected chi connectivity index (χ4v) is 3.56. The summed E-state index contributed by atoms with van der Waals surface area (Å²) in [5, 5.41) is 3.57. The largest absolute Gasteiger partial charge is 0.493 e. The van der Waals surface area contributed by atoms with E-state index < -0.39 is 0 Å². The molecular weight excluding hydrogens is 338 g/mol. The quantitative estimate of drug-likeness (QED) is 0.774. The number of piperazine rings is 1. The third kappa shape index (κ3) is 5.22. The molecule has 0 aliphatic carbocycles. The Balaban J connectivity index is 1.60. The summed E-state index contributed by atoms with van der Waals surface area (Å²) >= 11 is 0. The molecule has 5 heteroatoms. The lowest BCUT2D eigenvalue weighted by Gasteiger charge is -2.32. The molecular formula is C22H31N3O2. The predicted octanol–water partition coefficient (Wildman–Crippen LogP) is 2.74. The summed E-state index contributed by atoms with van der Waals surface area (Å²) in [5.41, 5.74) is 3.87. The van der Waals surface area contributed by atoms with Crippen molar-refractivity contribution in [3.05, 3.63) is 59.2 Å². The molecule has 0 atom stereocenters. The predicted molar refractivity (Wildman–Crippen MR) is 109 cm³/mol. The Kier molecular flexibility index (Phi) is 7.10. The second-order valence-corrected chi connectivity index (χ2v) is 7.10. The van der Waals surface area contributed by atoms with Gasteiger partial charge in [0.15, 0.2) is 11.5 Å². The van der Waals surface area contributed by atoms with Gasteiger partial charge in [0.1, 0.15) is 0 Å². The van der Waals surface area contributed by atoms with Gasteiger partial charge in [0.05, 0.1) is 14.2 Å². The number of para-hydroxylation sites is 1. The summed E-state index contributed by atoms with van der Waals surface area (Å²) in [4.78, 5) is 4.94. The van der Waals surface area contributed by atoms with E-state index in [0.29, 0.717) is 0 Å². The van der Waals surface area contributed by atoms with Crippen molar-refractivity contribution in [2.24, 2.45) is 0 Å². The van der Waals surface area contributed by atoms with Crippen LogP contribution in [0.15, 0.2) is 42.5 Å². The van der Waals surface area contributed by atoms with Crippen molar-refractivity contribution in [2.75, 3.05) is 47.4 Å².